The van der Waals surface area contributed by atoms with Gasteiger partial charge in [-0.25, -0.2) is 4.79 Å². The number of nitrogens with zero attached hydrogens (tertiary/aromatic N) is 1. The Balaban J connectivity index is 2.07. The summed E-state index contributed by atoms with van der Waals surface area (Å²) in [4.78, 5) is 24.3. The Kier molecular flexibility index (Phi) is 3.74. The van der Waals surface area contributed by atoms with E-state index in [4.69, 9.17) is 5.11 Å². The number of hydrogen-bond acceptors (Lipinski definition) is 2. The molecule has 0 aliphatic heterocycles. The lowest BCUT2D eigenvalue weighted by Crippen LogP contribution is -2.40. The summed E-state index contributed by atoms with van der Waals surface area (Å²) >= 11 is 0. The summed E-state index contributed by atoms with van der Waals surface area (Å²) in [5, 5.41) is 11.6. The molecule has 1 aromatic rings. The lowest BCUT2D eigenvalue weighted by atomic mass is 10.1. The molecular weight excluding hydrogens is 244 g/mol. The van der Waals surface area contributed by atoms with Gasteiger partial charge in [-0.05, 0) is 38.3 Å². The van der Waals surface area contributed by atoms with E-state index < -0.39 is 5.97 Å². The Bertz CT molecular complexity index is 509. The van der Waals surface area contributed by atoms with Crippen molar-refractivity contribution in [2.75, 3.05) is 11.9 Å². The molecular formula is C14H18N2O3. The second-order valence-corrected chi connectivity index (χ2v) is 5.00. The van der Waals surface area contributed by atoms with Gasteiger partial charge in [-0.15, -0.1) is 0 Å². The molecule has 1 aromatic carbocycles. The molecule has 0 aromatic heterocycles. The van der Waals surface area contributed by atoms with Crippen molar-refractivity contribution in [1.29, 1.82) is 0 Å². The van der Waals surface area contributed by atoms with E-state index in [1.807, 2.05) is 32.0 Å². The van der Waals surface area contributed by atoms with Crippen molar-refractivity contribution >= 4 is 17.7 Å². The number of carboxylic acid groups (broad SMARTS) is 1. The largest absolute Gasteiger partial charge is 0.480 e. The van der Waals surface area contributed by atoms with Crippen LogP contribution in [0.15, 0.2) is 18.2 Å². The first-order valence-electron chi connectivity index (χ1n) is 6.34. The standard InChI is InChI=1S/C14H18N2O3/c1-9-3-6-12(10(2)7-9)15-14(19)16(8-13(17)18)11-4-5-11/h3,6-7,11H,4-5,8H2,1-2H3,(H,15,19)(H,17,18). The summed E-state index contributed by atoms with van der Waals surface area (Å²) in [6.07, 6.45) is 1.77. The number of aryl methyl sites for hydroxylation is 2. The molecule has 5 heteroatoms. The van der Waals surface area contributed by atoms with Gasteiger partial charge in [0.2, 0.25) is 0 Å². The maximum Gasteiger partial charge on any atom is 0.323 e. The van der Waals surface area contributed by atoms with Crippen molar-refractivity contribution in [1.82, 2.24) is 4.90 Å². The first kappa shape index (κ1) is 13.4. The number of anilines is 1. The predicted octanol–water partition coefficient (Wildman–Crippen LogP) is 2.38. The van der Waals surface area contributed by atoms with Gasteiger partial charge in [-0.3, -0.25) is 4.79 Å². The minimum atomic E-state index is -0.984. The van der Waals surface area contributed by atoms with E-state index in [-0.39, 0.29) is 18.6 Å². The van der Waals surface area contributed by atoms with Crippen molar-refractivity contribution in [3.05, 3.63) is 29.3 Å². The van der Waals surface area contributed by atoms with Gasteiger partial charge in [-0.1, -0.05) is 17.7 Å². The highest BCUT2D eigenvalue weighted by Crippen LogP contribution is 2.27. The molecule has 1 aliphatic rings. The van der Waals surface area contributed by atoms with E-state index in [2.05, 4.69) is 5.32 Å². The summed E-state index contributed by atoms with van der Waals surface area (Å²) in [6, 6.07) is 5.47. The van der Waals surface area contributed by atoms with Crippen LogP contribution in [-0.2, 0) is 4.79 Å². The number of carbonyl (C=O) groups is 2. The van der Waals surface area contributed by atoms with E-state index in [0.717, 1.165) is 29.7 Å². The minimum absolute atomic E-state index is 0.0712. The van der Waals surface area contributed by atoms with E-state index in [0.29, 0.717) is 0 Å². The molecule has 5 nitrogen and oxygen atoms in total. The lowest BCUT2D eigenvalue weighted by molar-refractivity contribution is -0.137. The van der Waals surface area contributed by atoms with Crippen LogP contribution in [0.1, 0.15) is 24.0 Å². The summed E-state index contributed by atoms with van der Waals surface area (Å²) in [7, 11) is 0. The molecule has 0 atom stereocenters. The van der Waals surface area contributed by atoms with E-state index in [1.54, 1.807) is 0 Å². The molecule has 1 saturated carbocycles. The molecule has 102 valence electrons. The topological polar surface area (TPSA) is 69.6 Å². The molecule has 2 amide bonds. The molecule has 0 radical (unpaired) electrons. The molecule has 2 rings (SSSR count). The number of carboxylic acids is 1. The van der Waals surface area contributed by atoms with Crippen LogP contribution in [0.2, 0.25) is 0 Å². The zero-order chi connectivity index (χ0) is 14.0. The van der Waals surface area contributed by atoms with Gasteiger partial charge in [0.25, 0.3) is 0 Å². The second-order valence-electron chi connectivity index (χ2n) is 5.00. The van der Waals surface area contributed by atoms with Crippen molar-refractivity contribution in [2.24, 2.45) is 0 Å². The molecule has 0 heterocycles. The van der Waals surface area contributed by atoms with Crippen LogP contribution in [0.5, 0.6) is 0 Å². The van der Waals surface area contributed by atoms with Gasteiger partial charge >= 0.3 is 12.0 Å². The Morgan fingerprint density at radius 2 is 2.05 bits per heavy atom. The van der Waals surface area contributed by atoms with Crippen LogP contribution < -0.4 is 5.32 Å². The molecule has 0 bridgehead atoms. The van der Waals surface area contributed by atoms with Gasteiger partial charge in [0, 0.05) is 11.7 Å². The molecule has 2 N–H and O–H groups in total. The van der Waals surface area contributed by atoms with Gasteiger partial charge in [0.05, 0.1) is 0 Å². The van der Waals surface area contributed by atoms with Gasteiger partial charge in [-0.2, -0.15) is 0 Å². The SMILES string of the molecule is Cc1ccc(NC(=O)N(CC(=O)O)C2CC2)c(C)c1. The summed E-state index contributed by atoms with van der Waals surface area (Å²) in [6.45, 7) is 3.65. The fourth-order valence-corrected chi connectivity index (χ4v) is 2.04. The molecule has 19 heavy (non-hydrogen) atoms. The fourth-order valence-electron chi connectivity index (χ4n) is 2.04. The van der Waals surface area contributed by atoms with E-state index in [9.17, 15) is 9.59 Å². The van der Waals surface area contributed by atoms with Crippen LogP contribution in [0.3, 0.4) is 0 Å². The number of amides is 2. The maximum absolute atomic E-state index is 12.1. The van der Waals surface area contributed by atoms with Gasteiger partial charge in [0.15, 0.2) is 0 Å². The van der Waals surface area contributed by atoms with E-state index >= 15 is 0 Å². The Morgan fingerprint density at radius 1 is 1.37 bits per heavy atom. The zero-order valence-corrected chi connectivity index (χ0v) is 11.1. The summed E-state index contributed by atoms with van der Waals surface area (Å²) in [5.41, 5.74) is 2.83. The second kappa shape index (κ2) is 5.30. The monoisotopic (exact) mass is 262 g/mol. The number of hydrogen-bond donors (Lipinski definition) is 2. The van der Waals surface area contributed by atoms with Crippen molar-refractivity contribution < 1.29 is 14.7 Å². The summed E-state index contributed by atoms with van der Waals surface area (Å²) in [5.74, 6) is -0.984. The van der Waals surface area contributed by atoms with Crippen molar-refractivity contribution in [3.8, 4) is 0 Å². The van der Waals surface area contributed by atoms with Crippen LogP contribution in [-0.4, -0.2) is 34.6 Å². The van der Waals surface area contributed by atoms with Crippen LogP contribution in [0.4, 0.5) is 10.5 Å². The average Bonchev–Trinajstić information content (AvgIpc) is 3.13. The normalized spacial score (nSPS) is 14.0. The van der Waals surface area contributed by atoms with Crippen molar-refractivity contribution in [3.63, 3.8) is 0 Å². The van der Waals surface area contributed by atoms with Gasteiger partial charge in [0.1, 0.15) is 6.54 Å². The molecule has 0 unspecified atom stereocenters. The Morgan fingerprint density at radius 3 is 2.58 bits per heavy atom. The van der Waals surface area contributed by atoms with Crippen LogP contribution >= 0.6 is 0 Å². The minimum Gasteiger partial charge on any atom is -0.480 e. The fraction of sp³-hybridized carbons (Fsp3) is 0.429. The van der Waals surface area contributed by atoms with Crippen LogP contribution in [0, 0.1) is 13.8 Å². The number of aliphatic carboxylic acids is 1. The number of urea groups is 1. The van der Waals surface area contributed by atoms with Crippen LogP contribution in [0.25, 0.3) is 0 Å². The third kappa shape index (κ3) is 3.47. The Labute approximate surface area is 112 Å². The number of rotatable bonds is 4. The number of benzene rings is 1. The molecule has 1 aliphatic carbocycles. The highest BCUT2D eigenvalue weighted by Gasteiger charge is 2.34. The maximum atomic E-state index is 12.1. The zero-order valence-electron chi connectivity index (χ0n) is 11.1. The highest BCUT2D eigenvalue weighted by atomic mass is 16.4. The Hall–Kier alpha value is -2.04. The lowest BCUT2D eigenvalue weighted by Gasteiger charge is -2.21. The molecule has 0 saturated heterocycles. The third-order valence-electron chi connectivity index (χ3n) is 3.18. The third-order valence-corrected chi connectivity index (χ3v) is 3.18. The quantitative estimate of drug-likeness (QED) is 0.875. The predicted molar refractivity (Wildman–Crippen MR) is 72.3 cm³/mol. The first-order chi connectivity index (χ1) is 8.97. The average molecular weight is 262 g/mol. The van der Waals surface area contributed by atoms with Crippen molar-refractivity contribution in [2.45, 2.75) is 32.7 Å². The number of carbonyl (C=O) groups excluding carboxylic acids is 1. The first-order valence-corrected chi connectivity index (χ1v) is 6.34. The summed E-state index contributed by atoms with van der Waals surface area (Å²) < 4.78 is 0. The molecule has 0 spiro atoms. The smallest absolute Gasteiger partial charge is 0.323 e. The highest BCUT2D eigenvalue weighted by molar-refractivity contribution is 5.92. The van der Waals surface area contributed by atoms with E-state index in [1.165, 1.54) is 4.90 Å². The number of nitrogens with one attached hydrogen (secondary N) is 1. The van der Waals surface area contributed by atoms with Gasteiger partial charge < -0.3 is 15.3 Å². The molecule has 1 fully saturated rings.